The first kappa shape index (κ1) is 18.8. The fourth-order valence-corrected chi connectivity index (χ4v) is 3.39. The number of hydrogen-bond acceptors (Lipinski definition) is 7. The highest BCUT2D eigenvalue weighted by Gasteiger charge is 2.12. The van der Waals surface area contributed by atoms with E-state index in [0.717, 1.165) is 22.5 Å². The minimum atomic E-state index is 0. The second-order valence-electron chi connectivity index (χ2n) is 6.10. The Morgan fingerprint density at radius 3 is 2.62 bits per heavy atom. The summed E-state index contributed by atoms with van der Waals surface area (Å²) < 4.78 is 6.01. The number of aromatic amines is 1. The summed E-state index contributed by atoms with van der Waals surface area (Å²) >= 11 is 1.34. The number of aromatic nitrogens is 3. The summed E-state index contributed by atoms with van der Waals surface area (Å²) in [5.41, 5.74) is 11.1. The van der Waals surface area contributed by atoms with Gasteiger partial charge >= 0.3 is 0 Å². The molecule has 150 valence electrons. The third kappa shape index (κ3) is 4.48. The van der Waals surface area contributed by atoms with Crippen LogP contribution in [0.3, 0.4) is 0 Å². The van der Waals surface area contributed by atoms with E-state index in [1.165, 1.54) is 11.8 Å². The van der Waals surface area contributed by atoms with Gasteiger partial charge in [-0.15, -0.1) is 5.10 Å². The number of amidine groups is 1. The summed E-state index contributed by atoms with van der Waals surface area (Å²) in [6.07, 6.45) is 0. The van der Waals surface area contributed by atoms with Crippen LogP contribution in [0.4, 0.5) is 0 Å². The lowest BCUT2D eigenvalue weighted by molar-refractivity contribution is 0.592. The van der Waals surface area contributed by atoms with E-state index in [0.29, 0.717) is 28.3 Å². The molecule has 0 bridgehead atoms. The lowest BCUT2D eigenvalue weighted by Crippen LogP contribution is -2.23. The highest BCUT2D eigenvalue weighted by atomic mass is 32.2. The average molecular weight is 410 g/mol. The van der Waals surface area contributed by atoms with Gasteiger partial charge in [-0.3, -0.25) is 5.10 Å². The molecule has 8 nitrogen and oxygen atoms in total. The third-order valence-electron chi connectivity index (χ3n) is 4.12. The Morgan fingerprint density at radius 2 is 1.79 bits per heavy atom. The number of thioether (sulfide) groups is 1. The van der Waals surface area contributed by atoms with E-state index >= 15 is 0 Å². The van der Waals surface area contributed by atoms with Gasteiger partial charge in [-0.1, -0.05) is 60.3 Å². The molecule has 2 heterocycles. The molecule has 2 aromatic carbocycles. The number of benzene rings is 2. The molecular formula is C20H23N7OS. The van der Waals surface area contributed by atoms with Crippen LogP contribution in [0.5, 0.6) is 0 Å². The van der Waals surface area contributed by atoms with Crippen LogP contribution >= 0.6 is 11.8 Å². The zero-order valence-corrected chi connectivity index (χ0v) is 16.2. The summed E-state index contributed by atoms with van der Waals surface area (Å²) in [4.78, 5) is 4.43. The molecule has 4 aromatic rings. The highest BCUT2D eigenvalue weighted by Crippen LogP contribution is 2.30. The normalized spacial score (nSPS) is 11.6. The van der Waals surface area contributed by atoms with Crippen LogP contribution in [-0.4, -0.2) is 26.8 Å². The molecule has 0 unspecified atom stereocenters. The first-order chi connectivity index (χ1) is 14.2. The lowest BCUT2D eigenvalue weighted by Gasteiger charge is -2.03. The minimum absolute atomic E-state index is 0. The van der Waals surface area contributed by atoms with Gasteiger partial charge in [-0.25, -0.2) is 11.4 Å². The van der Waals surface area contributed by atoms with Gasteiger partial charge < -0.3 is 10.2 Å². The van der Waals surface area contributed by atoms with Crippen LogP contribution in [0.25, 0.3) is 34.0 Å². The van der Waals surface area contributed by atoms with Crippen LogP contribution in [-0.2, 0) is 0 Å². The van der Waals surface area contributed by atoms with Crippen molar-refractivity contribution in [3.05, 3.63) is 66.7 Å². The van der Waals surface area contributed by atoms with Crippen molar-refractivity contribution < 1.29 is 7.27 Å². The average Bonchev–Trinajstić information content (AvgIpc) is 3.43. The number of nitrogens with one attached hydrogen (secondary N) is 2. The zero-order valence-electron chi connectivity index (χ0n) is 15.4. The maximum absolute atomic E-state index is 6.01. The first-order valence-electron chi connectivity index (χ1n) is 8.82. The van der Waals surface area contributed by atoms with Crippen LogP contribution in [0, 0.1) is 0 Å². The van der Waals surface area contributed by atoms with E-state index in [-0.39, 0.29) is 2.85 Å². The number of furan rings is 1. The maximum atomic E-state index is 6.01. The Morgan fingerprint density at radius 1 is 1.03 bits per heavy atom. The number of hydrazine groups is 1. The number of nitrogens with two attached hydrogens (primary N) is 2. The van der Waals surface area contributed by atoms with Gasteiger partial charge in [0.05, 0.1) is 5.75 Å². The third-order valence-corrected chi connectivity index (χ3v) is 5.00. The van der Waals surface area contributed by atoms with Crippen LogP contribution in [0.2, 0.25) is 0 Å². The maximum Gasteiger partial charge on any atom is 0.209 e. The fraction of sp³-hybridized carbons (Fsp3) is 0.0500. The molecule has 9 heteroatoms. The molecule has 2 aromatic heterocycles. The van der Waals surface area contributed by atoms with Crippen molar-refractivity contribution >= 4 is 17.6 Å². The van der Waals surface area contributed by atoms with Crippen molar-refractivity contribution in [1.82, 2.24) is 20.7 Å². The van der Waals surface area contributed by atoms with Gasteiger partial charge in [0.15, 0.2) is 11.6 Å². The van der Waals surface area contributed by atoms with Crippen molar-refractivity contribution in [2.75, 3.05) is 5.75 Å². The van der Waals surface area contributed by atoms with E-state index < -0.39 is 0 Å². The van der Waals surface area contributed by atoms with Gasteiger partial charge in [-0.2, -0.15) is 10.1 Å². The Hall–Kier alpha value is -3.56. The molecular weight excluding hydrogens is 386 g/mol. The Kier molecular flexibility index (Phi) is 5.59. The van der Waals surface area contributed by atoms with E-state index in [4.69, 9.17) is 16.0 Å². The van der Waals surface area contributed by atoms with Gasteiger partial charge in [0.25, 0.3) is 0 Å². The molecule has 0 saturated heterocycles. The topological polar surface area (TPSA) is 131 Å². The zero-order chi connectivity index (χ0) is 20.1. The Bertz CT molecular complexity index is 1130. The smallest absolute Gasteiger partial charge is 0.209 e. The van der Waals surface area contributed by atoms with Crippen molar-refractivity contribution in [2.24, 2.45) is 16.7 Å². The fourth-order valence-electron chi connectivity index (χ4n) is 2.78. The minimum Gasteiger partial charge on any atom is -0.453 e. The second kappa shape index (κ2) is 8.63. The standard InChI is InChI=1S/C20H19N7OS.2H2/c21-18(24-27-22)12-29-20-23-19(25-26-20)17-10-9-16(28-17)15-8-4-7-14(11-15)13-5-2-1-3-6-13;;/h1-11,27H,12,22H2,(H2,21,24)(H,23,25,26);2*1H. The molecule has 0 amide bonds. The monoisotopic (exact) mass is 409 g/mol. The molecule has 0 atom stereocenters. The molecule has 0 radical (unpaired) electrons. The van der Waals surface area contributed by atoms with Crippen molar-refractivity contribution in [1.29, 1.82) is 0 Å². The SMILES string of the molecule is NN/N=C(\N)CSc1n[nH]c(-c2ccc(-c3cccc(-c4ccccc4)c3)o2)n1.[HH].[HH]. The summed E-state index contributed by atoms with van der Waals surface area (Å²) in [5, 5.41) is 11.3. The van der Waals surface area contributed by atoms with Crippen molar-refractivity contribution in [2.45, 2.75) is 5.16 Å². The van der Waals surface area contributed by atoms with E-state index in [1.807, 2.05) is 42.5 Å². The van der Waals surface area contributed by atoms with E-state index in [9.17, 15) is 0 Å². The van der Waals surface area contributed by atoms with Gasteiger partial charge in [-0.05, 0) is 29.3 Å². The predicted octanol–water partition coefficient (Wildman–Crippen LogP) is 3.72. The molecule has 6 N–H and O–H groups in total. The molecule has 0 aliphatic carbocycles. The quantitative estimate of drug-likeness (QED) is 0.120. The molecule has 4 rings (SSSR count). The van der Waals surface area contributed by atoms with E-state index in [1.54, 1.807) is 0 Å². The number of rotatable bonds is 7. The largest absolute Gasteiger partial charge is 0.453 e. The number of hydrogen-bond donors (Lipinski definition) is 4. The highest BCUT2D eigenvalue weighted by molar-refractivity contribution is 7.99. The van der Waals surface area contributed by atoms with E-state index in [2.05, 4.69) is 50.1 Å². The Balaban J connectivity index is 0.00000171. The summed E-state index contributed by atoms with van der Waals surface area (Å²) in [5.74, 6) is 7.77. The molecule has 0 spiro atoms. The molecule has 0 aliphatic rings. The first-order valence-corrected chi connectivity index (χ1v) is 9.80. The number of H-pyrrole nitrogens is 1. The number of hydrazone groups is 1. The van der Waals surface area contributed by atoms with Gasteiger partial charge in [0.1, 0.15) is 11.6 Å². The summed E-state index contributed by atoms with van der Waals surface area (Å²) in [6.45, 7) is 0. The number of nitrogens with zero attached hydrogens (tertiary/aromatic N) is 3. The predicted molar refractivity (Wildman–Crippen MR) is 119 cm³/mol. The van der Waals surface area contributed by atoms with Gasteiger partial charge in [0.2, 0.25) is 5.16 Å². The lowest BCUT2D eigenvalue weighted by atomic mass is 10.0. The summed E-state index contributed by atoms with van der Waals surface area (Å²) in [6, 6.07) is 22.2. The molecule has 29 heavy (non-hydrogen) atoms. The summed E-state index contributed by atoms with van der Waals surface area (Å²) in [7, 11) is 0. The molecule has 0 fully saturated rings. The van der Waals surface area contributed by atoms with Crippen LogP contribution in [0.1, 0.15) is 2.85 Å². The Labute approximate surface area is 174 Å². The van der Waals surface area contributed by atoms with Crippen molar-refractivity contribution in [3.8, 4) is 34.0 Å². The van der Waals surface area contributed by atoms with Crippen LogP contribution < -0.4 is 17.1 Å². The van der Waals surface area contributed by atoms with Crippen molar-refractivity contribution in [3.63, 3.8) is 0 Å². The van der Waals surface area contributed by atoms with Crippen LogP contribution in [0.15, 0.2) is 81.4 Å². The van der Waals surface area contributed by atoms with Gasteiger partial charge in [0, 0.05) is 8.42 Å². The second-order valence-corrected chi connectivity index (χ2v) is 7.04. The molecule has 0 saturated carbocycles. The molecule has 0 aliphatic heterocycles.